The summed E-state index contributed by atoms with van der Waals surface area (Å²) in [6, 6.07) is 16.0. The van der Waals surface area contributed by atoms with Crippen LogP contribution >= 0.6 is 0 Å². The standard InChI is InChI=1S/C20H27N/c1-16(17-9-4-2-3-5-10-17)21-15-19-13-8-12-18-11-6-7-14-20(18)19/h6-8,11-14,16-17,21H,2-5,9-10,15H2,1H3/t16-/m1/s1. The van der Waals surface area contributed by atoms with Gasteiger partial charge in [-0.1, -0.05) is 68.1 Å². The first-order valence-corrected chi connectivity index (χ1v) is 8.54. The third kappa shape index (κ3) is 3.65. The Bertz CT molecular complexity index is 562. The van der Waals surface area contributed by atoms with Crippen molar-refractivity contribution < 1.29 is 0 Å². The van der Waals surface area contributed by atoms with Gasteiger partial charge in [0.05, 0.1) is 0 Å². The molecule has 0 radical (unpaired) electrons. The van der Waals surface area contributed by atoms with E-state index in [4.69, 9.17) is 0 Å². The zero-order valence-electron chi connectivity index (χ0n) is 13.1. The SMILES string of the molecule is C[C@@H](NCc1cccc2ccccc12)C1CCCCCC1. The molecule has 1 nitrogen and oxygen atoms in total. The Balaban J connectivity index is 1.65. The minimum absolute atomic E-state index is 0.627. The fourth-order valence-corrected chi connectivity index (χ4v) is 3.70. The van der Waals surface area contributed by atoms with Crippen molar-refractivity contribution in [3.63, 3.8) is 0 Å². The molecule has 2 aromatic rings. The molecule has 2 aromatic carbocycles. The van der Waals surface area contributed by atoms with Crippen molar-refractivity contribution in [2.75, 3.05) is 0 Å². The van der Waals surface area contributed by atoms with Crippen LogP contribution in [-0.4, -0.2) is 6.04 Å². The van der Waals surface area contributed by atoms with Gasteiger partial charge in [-0.2, -0.15) is 0 Å². The molecule has 0 aliphatic heterocycles. The Morgan fingerprint density at radius 2 is 1.67 bits per heavy atom. The molecular formula is C20H27N. The van der Waals surface area contributed by atoms with Crippen molar-refractivity contribution >= 4 is 10.8 Å². The van der Waals surface area contributed by atoms with Gasteiger partial charge in [-0.25, -0.2) is 0 Å². The zero-order chi connectivity index (χ0) is 14.5. The molecule has 0 aromatic heterocycles. The van der Waals surface area contributed by atoms with Crippen molar-refractivity contribution in [3.05, 3.63) is 48.0 Å². The zero-order valence-corrected chi connectivity index (χ0v) is 13.1. The average Bonchev–Trinajstić information content (AvgIpc) is 2.82. The van der Waals surface area contributed by atoms with Crippen molar-refractivity contribution in [2.45, 2.75) is 58.0 Å². The molecule has 0 spiro atoms. The molecule has 0 bridgehead atoms. The van der Waals surface area contributed by atoms with E-state index in [0.29, 0.717) is 6.04 Å². The molecule has 1 aliphatic rings. The summed E-state index contributed by atoms with van der Waals surface area (Å²) in [4.78, 5) is 0. The lowest BCUT2D eigenvalue weighted by atomic mass is 9.92. The monoisotopic (exact) mass is 281 g/mol. The Labute approximate surface area is 128 Å². The van der Waals surface area contributed by atoms with Crippen molar-refractivity contribution in [3.8, 4) is 0 Å². The van der Waals surface area contributed by atoms with Gasteiger partial charge >= 0.3 is 0 Å². The highest BCUT2D eigenvalue weighted by Crippen LogP contribution is 2.26. The number of benzene rings is 2. The molecular weight excluding hydrogens is 254 g/mol. The van der Waals surface area contributed by atoms with Gasteiger partial charge in [0.2, 0.25) is 0 Å². The summed E-state index contributed by atoms with van der Waals surface area (Å²) in [5.74, 6) is 0.863. The van der Waals surface area contributed by atoms with Crippen LogP contribution in [0.2, 0.25) is 0 Å². The Hall–Kier alpha value is -1.34. The van der Waals surface area contributed by atoms with Gasteiger partial charge in [0, 0.05) is 12.6 Å². The van der Waals surface area contributed by atoms with Crippen LogP contribution in [-0.2, 0) is 6.54 Å². The highest BCUT2D eigenvalue weighted by Gasteiger charge is 2.18. The molecule has 3 rings (SSSR count). The van der Waals surface area contributed by atoms with E-state index >= 15 is 0 Å². The summed E-state index contributed by atoms with van der Waals surface area (Å²) in [6.45, 7) is 3.36. The molecule has 1 atom stereocenters. The quantitative estimate of drug-likeness (QED) is 0.751. The molecule has 0 heterocycles. The Kier molecular flexibility index (Phi) is 4.92. The van der Waals surface area contributed by atoms with Crippen LogP contribution in [0.3, 0.4) is 0 Å². The molecule has 1 N–H and O–H groups in total. The number of fused-ring (bicyclic) bond motifs is 1. The molecule has 0 unspecified atom stereocenters. The smallest absolute Gasteiger partial charge is 0.0214 e. The van der Waals surface area contributed by atoms with Gasteiger partial charge in [0.25, 0.3) is 0 Å². The van der Waals surface area contributed by atoms with Crippen LogP contribution in [0, 0.1) is 5.92 Å². The summed E-state index contributed by atoms with van der Waals surface area (Å²) in [7, 11) is 0. The highest BCUT2D eigenvalue weighted by molar-refractivity contribution is 5.85. The lowest BCUT2D eigenvalue weighted by Crippen LogP contribution is -2.33. The normalized spacial score (nSPS) is 18.5. The maximum atomic E-state index is 3.79. The third-order valence-electron chi connectivity index (χ3n) is 5.10. The molecule has 0 amide bonds. The van der Waals surface area contributed by atoms with E-state index < -0.39 is 0 Å². The van der Waals surface area contributed by atoms with Crippen LogP contribution in [0.25, 0.3) is 10.8 Å². The van der Waals surface area contributed by atoms with Gasteiger partial charge < -0.3 is 5.32 Å². The van der Waals surface area contributed by atoms with Crippen molar-refractivity contribution in [1.82, 2.24) is 5.32 Å². The average molecular weight is 281 g/mol. The maximum Gasteiger partial charge on any atom is 0.0214 e. The summed E-state index contributed by atoms with van der Waals surface area (Å²) in [5, 5.41) is 6.52. The van der Waals surface area contributed by atoms with Gasteiger partial charge in [0.15, 0.2) is 0 Å². The molecule has 21 heavy (non-hydrogen) atoms. The first-order valence-electron chi connectivity index (χ1n) is 8.54. The molecule has 112 valence electrons. The van der Waals surface area contributed by atoms with Crippen LogP contribution < -0.4 is 5.32 Å². The van der Waals surface area contributed by atoms with Gasteiger partial charge in [-0.05, 0) is 42.0 Å². The topological polar surface area (TPSA) is 12.0 Å². The van der Waals surface area contributed by atoms with E-state index in [0.717, 1.165) is 12.5 Å². The van der Waals surface area contributed by atoms with Crippen molar-refractivity contribution in [1.29, 1.82) is 0 Å². The van der Waals surface area contributed by atoms with Gasteiger partial charge in [0.1, 0.15) is 0 Å². The van der Waals surface area contributed by atoms with Gasteiger partial charge in [-0.3, -0.25) is 0 Å². The fourth-order valence-electron chi connectivity index (χ4n) is 3.70. The molecule has 0 saturated heterocycles. The molecule has 1 heteroatoms. The van der Waals surface area contributed by atoms with Crippen LogP contribution in [0.5, 0.6) is 0 Å². The second kappa shape index (κ2) is 7.09. The second-order valence-electron chi connectivity index (χ2n) is 6.56. The first-order chi connectivity index (χ1) is 10.3. The Morgan fingerprint density at radius 3 is 2.48 bits per heavy atom. The maximum absolute atomic E-state index is 3.79. The Morgan fingerprint density at radius 1 is 0.952 bits per heavy atom. The van der Waals surface area contributed by atoms with Crippen LogP contribution in [0.15, 0.2) is 42.5 Å². The van der Waals surface area contributed by atoms with E-state index in [-0.39, 0.29) is 0 Å². The van der Waals surface area contributed by atoms with Crippen LogP contribution in [0.1, 0.15) is 51.0 Å². The summed E-state index contributed by atoms with van der Waals surface area (Å²) >= 11 is 0. The predicted molar refractivity (Wildman–Crippen MR) is 91.4 cm³/mol. The highest BCUT2D eigenvalue weighted by atomic mass is 14.9. The van der Waals surface area contributed by atoms with E-state index in [1.54, 1.807) is 0 Å². The van der Waals surface area contributed by atoms with E-state index in [9.17, 15) is 0 Å². The van der Waals surface area contributed by atoms with Crippen LogP contribution in [0.4, 0.5) is 0 Å². The summed E-state index contributed by atoms with van der Waals surface area (Å²) in [5.41, 5.74) is 1.42. The molecule has 1 fully saturated rings. The molecule has 1 aliphatic carbocycles. The van der Waals surface area contributed by atoms with E-state index in [1.165, 1.54) is 54.9 Å². The number of nitrogens with one attached hydrogen (secondary N) is 1. The minimum atomic E-state index is 0.627. The third-order valence-corrected chi connectivity index (χ3v) is 5.10. The van der Waals surface area contributed by atoms with Gasteiger partial charge in [-0.15, -0.1) is 0 Å². The number of hydrogen-bond donors (Lipinski definition) is 1. The number of rotatable bonds is 4. The summed E-state index contributed by atoms with van der Waals surface area (Å²) in [6.07, 6.45) is 8.53. The second-order valence-corrected chi connectivity index (χ2v) is 6.56. The molecule has 1 saturated carbocycles. The lowest BCUT2D eigenvalue weighted by Gasteiger charge is -2.24. The van der Waals surface area contributed by atoms with E-state index in [2.05, 4.69) is 54.7 Å². The first kappa shape index (κ1) is 14.6. The minimum Gasteiger partial charge on any atom is -0.310 e. The fraction of sp³-hybridized carbons (Fsp3) is 0.500. The summed E-state index contributed by atoms with van der Waals surface area (Å²) < 4.78 is 0. The lowest BCUT2D eigenvalue weighted by molar-refractivity contribution is 0.337. The predicted octanol–water partition coefficient (Wildman–Crippen LogP) is 5.29. The van der Waals surface area contributed by atoms with Crippen molar-refractivity contribution in [2.24, 2.45) is 5.92 Å². The largest absolute Gasteiger partial charge is 0.310 e. The van der Waals surface area contributed by atoms with E-state index in [1.807, 2.05) is 0 Å². The number of hydrogen-bond acceptors (Lipinski definition) is 1.